The minimum atomic E-state index is -0.378. The molecule has 8 heteroatoms. The first-order valence-corrected chi connectivity index (χ1v) is 9.75. The van der Waals surface area contributed by atoms with Gasteiger partial charge in [0.25, 0.3) is 5.24 Å². The molecule has 146 valence electrons. The Morgan fingerprint density at radius 2 is 1.93 bits per heavy atom. The highest BCUT2D eigenvalue weighted by Gasteiger charge is 2.31. The SMILES string of the molecule is CCc1ccc(/C(COc2ccc(CC3SC(=O)NC3=O)cc2)=N\OC)nc1. The number of hydrogen-bond donors (Lipinski definition) is 1. The van der Waals surface area contributed by atoms with Crippen LogP contribution in [0.1, 0.15) is 23.7 Å². The third-order valence-electron chi connectivity index (χ3n) is 4.22. The summed E-state index contributed by atoms with van der Waals surface area (Å²) >= 11 is 1.03. The summed E-state index contributed by atoms with van der Waals surface area (Å²) in [6, 6.07) is 11.3. The van der Waals surface area contributed by atoms with Crippen LogP contribution in [0, 0.1) is 0 Å². The van der Waals surface area contributed by atoms with Crippen LogP contribution < -0.4 is 10.1 Å². The third-order valence-corrected chi connectivity index (χ3v) is 5.20. The van der Waals surface area contributed by atoms with Crippen molar-refractivity contribution in [3.63, 3.8) is 0 Å². The Balaban J connectivity index is 1.60. The number of nitrogens with one attached hydrogen (secondary N) is 1. The van der Waals surface area contributed by atoms with Crippen molar-refractivity contribution in [1.29, 1.82) is 0 Å². The highest BCUT2D eigenvalue weighted by Crippen LogP contribution is 2.24. The number of aryl methyl sites for hydroxylation is 1. The fraction of sp³-hybridized carbons (Fsp3) is 0.300. The van der Waals surface area contributed by atoms with E-state index in [0.29, 0.717) is 23.6 Å². The van der Waals surface area contributed by atoms with Crippen LogP contribution in [-0.4, -0.2) is 40.8 Å². The number of benzene rings is 1. The molecule has 1 aliphatic rings. The smallest absolute Gasteiger partial charge is 0.286 e. The van der Waals surface area contributed by atoms with Crippen molar-refractivity contribution < 1.29 is 19.2 Å². The monoisotopic (exact) mass is 399 g/mol. The molecule has 1 saturated heterocycles. The van der Waals surface area contributed by atoms with E-state index in [1.165, 1.54) is 7.11 Å². The summed E-state index contributed by atoms with van der Waals surface area (Å²) in [4.78, 5) is 32.2. The zero-order chi connectivity index (χ0) is 19.9. The van der Waals surface area contributed by atoms with Crippen LogP contribution in [0.2, 0.25) is 0 Å². The summed E-state index contributed by atoms with van der Waals surface area (Å²) in [6.45, 7) is 2.28. The van der Waals surface area contributed by atoms with Crippen LogP contribution in [0.3, 0.4) is 0 Å². The fourth-order valence-electron chi connectivity index (χ4n) is 2.68. The van der Waals surface area contributed by atoms with Crippen molar-refractivity contribution in [2.75, 3.05) is 13.7 Å². The van der Waals surface area contributed by atoms with Crippen molar-refractivity contribution in [2.45, 2.75) is 25.0 Å². The number of aromatic nitrogens is 1. The van der Waals surface area contributed by atoms with Crippen molar-refractivity contribution in [1.82, 2.24) is 10.3 Å². The lowest BCUT2D eigenvalue weighted by atomic mass is 10.1. The maximum absolute atomic E-state index is 11.7. The van der Waals surface area contributed by atoms with Gasteiger partial charge in [-0.1, -0.05) is 42.0 Å². The molecule has 28 heavy (non-hydrogen) atoms. The number of amides is 2. The highest BCUT2D eigenvalue weighted by atomic mass is 32.2. The number of carbonyl (C=O) groups excluding carboxylic acids is 2. The molecule has 0 bridgehead atoms. The number of nitrogens with zero attached hydrogens (tertiary/aromatic N) is 2. The van der Waals surface area contributed by atoms with E-state index in [1.807, 2.05) is 42.6 Å². The van der Waals surface area contributed by atoms with Gasteiger partial charge in [0.2, 0.25) is 5.91 Å². The molecule has 1 unspecified atom stereocenters. The van der Waals surface area contributed by atoms with Crippen molar-refractivity contribution in [2.24, 2.45) is 5.16 Å². The summed E-state index contributed by atoms with van der Waals surface area (Å²) in [6.07, 6.45) is 3.23. The van der Waals surface area contributed by atoms with E-state index in [-0.39, 0.29) is 23.0 Å². The lowest BCUT2D eigenvalue weighted by Gasteiger charge is -2.10. The van der Waals surface area contributed by atoms with Crippen molar-refractivity contribution >= 4 is 28.6 Å². The molecule has 0 aliphatic carbocycles. The molecule has 1 atom stereocenters. The predicted molar refractivity (Wildman–Crippen MR) is 108 cm³/mol. The molecule has 1 aromatic heterocycles. The molecule has 0 spiro atoms. The van der Waals surface area contributed by atoms with Gasteiger partial charge in [-0.2, -0.15) is 0 Å². The summed E-state index contributed by atoms with van der Waals surface area (Å²) in [5.41, 5.74) is 3.39. The maximum Gasteiger partial charge on any atom is 0.286 e. The van der Waals surface area contributed by atoms with E-state index in [0.717, 1.165) is 29.3 Å². The van der Waals surface area contributed by atoms with E-state index in [2.05, 4.69) is 22.4 Å². The lowest BCUT2D eigenvalue weighted by molar-refractivity contribution is -0.118. The summed E-state index contributed by atoms with van der Waals surface area (Å²) < 4.78 is 5.81. The Kier molecular flexibility index (Phi) is 6.65. The summed E-state index contributed by atoms with van der Waals surface area (Å²) in [5.74, 6) is 0.426. The van der Waals surface area contributed by atoms with Gasteiger partial charge < -0.3 is 9.57 Å². The second-order valence-electron chi connectivity index (χ2n) is 6.15. The first-order chi connectivity index (χ1) is 13.6. The Labute approximate surface area is 167 Å². The zero-order valence-electron chi connectivity index (χ0n) is 15.7. The van der Waals surface area contributed by atoms with Crippen LogP contribution in [-0.2, 0) is 22.5 Å². The normalized spacial score (nSPS) is 16.8. The molecule has 2 heterocycles. The topological polar surface area (TPSA) is 89.9 Å². The first kappa shape index (κ1) is 19.9. The second kappa shape index (κ2) is 9.36. The molecule has 1 N–H and O–H groups in total. The Bertz CT molecular complexity index is 866. The fourth-order valence-corrected chi connectivity index (χ4v) is 3.54. The molecule has 0 radical (unpaired) electrons. The number of hydrogen-bond acceptors (Lipinski definition) is 7. The molecule has 1 fully saturated rings. The van der Waals surface area contributed by atoms with Crippen LogP contribution in [0.4, 0.5) is 4.79 Å². The zero-order valence-corrected chi connectivity index (χ0v) is 16.5. The average Bonchev–Trinajstić information content (AvgIpc) is 3.03. The summed E-state index contributed by atoms with van der Waals surface area (Å²) in [7, 11) is 1.48. The predicted octanol–water partition coefficient (Wildman–Crippen LogP) is 2.97. The van der Waals surface area contributed by atoms with Gasteiger partial charge in [0, 0.05) is 6.20 Å². The lowest BCUT2D eigenvalue weighted by Crippen LogP contribution is -2.25. The quantitative estimate of drug-likeness (QED) is 0.542. The van der Waals surface area contributed by atoms with Gasteiger partial charge in [-0.05, 0) is 42.2 Å². The Hall–Kier alpha value is -2.87. The molecule has 1 aromatic carbocycles. The molecule has 0 saturated carbocycles. The van der Waals surface area contributed by atoms with Crippen molar-refractivity contribution in [3.05, 3.63) is 59.4 Å². The molecule has 1 aliphatic heterocycles. The van der Waals surface area contributed by atoms with Crippen LogP contribution in [0.25, 0.3) is 0 Å². The molecule has 7 nitrogen and oxygen atoms in total. The number of imide groups is 1. The van der Waals surface area contributed by atoms with Crippen LogP contribution in [0.15, 0.2) is 47.8 Å². The summed E-state index contributed by atoms with van der Waals surface area (Å²) in [5, 5.41) is 5.64. The Morgan fingerprint density at radius 1 is 1.18 bits per heavy atom. The first-order valence-electron chi connectivity index (χ1n) is 8.87. The molecular formula is C20H21N3O4S. The van der Waals surface area contributed by atoms with Gasteiger partial charge in [-0.3, -0.25) is 19.9 Å². The van der Waals surface area contributed by atoms with E-state index < -0.39 is 0 Å². The van der Waals surface area contributed by atoms with Gasteiger partial charge in [0.15, 0.2) is 0 Å². The van der Waals surface area contributed by atoms with Gasteiger partial charge >= 0.3 is 0 Å². The number of rotatable bonds is 8. The van der Waals surface area contributed by atoms with Crippen molar-refractivity contribution in [3.8, 4) is 5.75 Å². The van der Waals surface area contributed by atoms with Gasteiger partial charge in [0.05, 0.1) is 10.9 Å². The van der Waals surface area contributed by atoms with Gasteiger partial charge in [-0.25, -0.2) is 0 Å². The number of ether oxygens (including phenoxy) is 1. The second-order valence-corrected chi connectivity index (χ2v) is 7.32. The average molecular weight is 399 g/mol. The third kappa shape index (κ3) is 5.10. The number of thioether (sulfide) groups is 1. The van der Waals surface area contributed by atoms with E-state index >= 15 is 0 Å². The van der Waals surface area contributed by atoms with E-state index in [4.69, 9.17) is 9.57 Å². The standard InChI is InChI=1S/C20H21N3O4S/c1-3-13-6-9-16(21-11-13)17(23-26-2)12-27-15-7-4-14(5-8-15)10-18-19(24)22-20(25)28-18/h4-9,11,18H,3,10,12H2,1-2H3,(H,22,24,25)/b23-17-. The number of pyridine rings is 1. The molecule has 3 rings (SSSR count). The van der Waals surface area contributed by atoms with Gasteiger partial charge in [0.1, 0.15) is 25.2 Å². The number of carbonyl (C=O) groups is 2. The molecule has 2 aromatic rings. The highest BCUT2D eigenvalue weighted by molar-refractivity contribution is 8.15. The maximum atomic E-state index is 11.7. The van der Waals surface area contributed by atoms with Crippen LogP contribution >= 0.6 is 11.8 Å². The number of oxime groups is 1. The molecular weight excluding hydrogens is 378 g/mol. The minimum Gasteiger partial charge on any atom is -0.487 e. The molecule has 2 amide bonds. The minimum absolute atomic E-state index is 0.209. The van der Waals surface area contributed by atoms with Crippen LogP contribution in [0.5, 0.6) is 5.75 Å². The van der Waals surface area contributed by atoms with E-state index in [9.17, 15) is 9.59 Å². The Morgan fingerprint density at radius 3 is 2.50 bits per heavy atom. The van der Waals surface area contributed by atoms with Gasteiger partial charge in [-0.15, -0.1) is 0 Å². The largest absolute Gasteiger partial charge is 0.487 e. The van der Waals surface area contributed by atoms with E-state index in [1.54, 1.807) is 0 Å².